The van der Waals surface area contributed by atoms with Crippen LogP contribution in [0.15, 0.2) is 54.6 Å². The van der Waals surface area contributed by atoms with Crippen molar-refractivity contribution in [2.75, 3.05) is 26.2 Å². The first-order valence-corrected chi connectivity index (χ1v) is 13.1. The minimum atomic E-state index is -0.250. The molecule has 2 N–H and O–H groups in total. The van der Waals surface area contributed by atoms with E-state index < -0.39 is 0 Å². The molecule has 0 unspecified atom stereocenters. The minimum Gasteiger partial charge on any atom is -0.483 e. The lowest BCUT2D eigenvalue weighted by molar-refractivity contribution is -0.143. The number of fused-ring (bicyclic) bond motifs is 1. The number of carboxylic acid groups (broad SMARTS) is 1. The Kier molecular flexibility index (Phi) is 10.9. The summed E-state index contributed by atoms with van der Waals surface area (Å²) in [6.45, 7) is 8.91. The van der Waals surface area contributed by atoms with E-state index >= 15 is 0 Å². The van der Waals surface area contributed by atoms with E-state index in [9.17, 15) is 9.18 Å². The molecule has 7 heteroatoms. The molecule has 4 atom stereocenters. The van der Waals surface area contributed by atoms with Crippen LogP contribution >= 0.6 is 0 Å². The minimum absolute atomic E-state index is 0.209. The number of halogens is 1. The molecule has 2 aliphatic rings. The number of likely N-dealkylation sites (N-methyl/N-ethyl adjacent to an activating group) is 1. The summed E-state index contributed by atoms with van der Waals surface area (Å²) in [7, 11) is 0. The fraction of sp³-hybridized carbons (Fsp3) is 0.517. The van der Waals surface area contributed by atoms with Crippen LogP contribution in [0.5, 0.6) is 0 Å². The molecule has 1 saturated carbocycles. The monoisotopic (exact) mass is 497 g/mol. The zero-order valence-electron chi connectivity index (χ0n) is 21.5. The molecule has 6 nitrogen and oxygen atoms in total. The van der Waals surface area contributed by atoms with Crippen LogP contribution in [0.1, 0.15) is 56.6 Å². The Morgan fingerprint density at radius 2 is 1.75 bits per heavy atom. The second-order valence-electron chi connectivity index (χ2n) is 9.64. The van der Waals surface area contributed by atoms with Crippen LogP contribution in [-0.4, -0.2) is 65.5 Å². The third kappa shape index (κ3) is 7.14. The van der Waals surface area contributed by atoms with Gasteiger partial charge in [0.05, 0.1) is 0 Å². The molecule has 0 radical (unpaired) electrons. The molecule has 0 aromatic heterocycles. The Hall–Kier alpha value is -2.77. The standard InChI is InChI=1S/C28H38FN3O.CH2O2/c1-3-31(4-2)18-17-30-25-11-8-12-26-28(25)24(22-9-6-5-7-10-22)19-27(33)32(26)20-21-13-15-23(29)16-14-21;2-1-3/h5-7,9-10,13-16,24-26,28,30H,3-4,8,11-12,17-20H2,1-2H3;1H,(H,2,3)/t24-,25+,26-,28+;/m1./s1. The van der Waals surface area contributed by atoms with Crippen molar-refractivity contribution in [3.05, 3.63) is 71.5 Å². The number of piperidine rings is 1. The summed E-state index contributed by atoms with van der Waals surface area (Å²) in [6.07, 6.45) is 3.86. The van der Waals surface area contributed by atoms with E-state index in [0.717, 1.165) is 51.0 Å². The first kappa shape index (κ1) is 27.8. The molecule has 2 fully saturated rings. The normalized spacial score (nSPS) is 23.6. The van der Waals surface area contributed by atoms with Crippen molar-refractivity contribution in [3.63, 3.8) is 0 Å². The Bertz CT molecular complexity index is 937. The van der Waals surface area contributed by atoms with Gasteiger partial charge < -0.3 is 20.2 Å². The van der Waals surface area contributed by atoms with Gasteiger partial charge in [0.1, 0.15) is 5.82 Å². The molecule has 1 amide bonds. The average molecular weight is 498 g/mol. The molecular weight excluding hydrogens is 457 g/mol. The van der Waals surface area contributed by atoms with Crippen molar-refractivity contribution >= 4 is 12.4 Å². The van der Waals surface area contributed by atoms with Crippen LogP contribution in [0.25, 0.3) is 0 Å². The van der Waals surface area contributed by atoms with E-state index in [4.69, 9.17) is 9.90 Å². The van der Waals surface area contributed by atoms with Crippen LogP contribution in [0, 0.1) is 11.7 Å². The SMILES string of the molecule is CCN(CC)CCN[C@H]1CCC[C@@H]2[C@H]1[C@@H](c1ccccc1)CC(=O)N2Cc1ccc(F)cc1.O=CO. The van der Waals surface area contributed by atoms with Crippen molar-refractivity contribution < 1.29 is 19.1 Å². The molecule has 1 aliphatic heterocycles. The molecule has 36 heavy (non-hydrogen) atoms. The lowest BCUT2D eigenvalue weighted by Crippen LogP contribution is -2.59. The van der Waals surface area contributed by atoms with Crippen LogP contribution in [-0.2, 0) is 16.1 Å². The zero-order valence-corrected chi connectivity index (χ0v) is 21.5. The quantitative estimate of drug-likeness (QED) is 0.499. The molecule has 196 valence electrons. The van der Waals surface area contributed by atoms with Crippen molar-refractivity contribution in [2.45, 2.75) is 64.1 Å². The van der Waals surface area contributed by atoms with Gasteiger partial charge in [-0.3, -0.25) is 9.59 Å². The summed E-state index contributed by atoms with van der Waals surface area (Å²) in [4.78, 5) is 26.3. The smallest absolute Gasteiger partial charge is 0.290 e. The van der Waals surface area contributed by atoms with Gasteiger partial charge in [-0.2, -0.15) is 0 Å². The second kappa shape index (κ2) is 14.1. The van der Waals surface area contributed by atoms with Gasteiger partial charge in [-0.1, -0.05) is 56.3 Å². The summed E-state index contributed by atoms with van der Waals surface area (Å²) in [5.74, 6) is 0.606. The van der Waals surface area contributed by atoms with Crippen molar-refractivity contribution in [1.29, 1.82) is 0 Å². The Balaban J connectivity index is 0.00000115. The highest BCUT2D eigenvalue weighted by Gasteiger charge is 2.47. The molecule has 0 spiro atoms. The number of nitrogens with zero attached hydrogens (tertiary/aromatic N) is 2. The van der Waals surface area contributed by atoms with Gasteiger partial charge in [0.15, 0.2) is 0 Å². The van der Waals surface area contributed by atoms with Gasteiger partial charge in [-0.15, -0.1) is 0 Å². The summed E-state index contributed by atoms with van der Waals surface area (Å²) in [5.41, 5.74) is 2.28. The summed E-state index contributed by atoms with van der Waals surface area (Å²) in [6, 6.07) is 17.8. The number of likely N-dealkylation sites (tertiary alicyclic amines) is 1. The maximum atomic E-state index is 13.4. The van der Waals surface area contributed by atoms with Gasteiger partial charge >= 0.3 is 0 Å². The van der Waals surface area contributed by atoms with Crippen molar-refractivity contribution in [1.82, 2.24) is 15.1 Å². The van der Waals surface area contributed by atoms with Crippen LogP contribution in [0.3, 0.4) is 0 Å². The number of amides is 1. The van der Waals surface area contributed by atoms with Crippen molar-refractivity contribution in [2.24, 2.45) is 5.92 Å². The topological polar surface area (TPSA) is 72.9 Å². The summed E-state index contributed by atoms with van der Waals surface area (Å²) >= 11 is 0. The Labute approximate surface area is 214 Å². The molecule has 2 aromatic rings. The third-order valence-electron chi connectivity index (χ3n) is 7.73. The number of nitrogens with one attached hydrogen (secondary N) is 1. The first-order chi connectivity index (χ1) is 17.5. The van der Waals surface area contributed by atoms with Gasteiger partial charge in [0, 0.05) is 44.1 Å². The highest BCUT2D eigenvalue weighted by atomic mass is 19.1. The summed E-state index contributed by atoms with van der Waals surface area (Å²) in [5, 5.41) is 10.8. The number of benzene rings is 2. The number of hydrogen-bond donors (Lipinski definition) is 2. The maximum Gasteiger partial charge on any atom is 0.290 e. The number of hydrogen-bond acceptors (Lipinski definition) is 4. The van der Waals surface area contributed by atoms with Gasteiger partial charge in [-0.05, 0) is 61.5 Å². The molecule has 4 rings (SSSR count). The van der Waals surface area contributed by atoms with E-state index in [2.05, 4.69) is 53.2 Å². The predicted molar refractivity (Wildman–Crippen MR) is 140 cm³/mol. The maximum absolute atomic E-state index is 13.4. The van der Waals surface area contributed by atoms with E-state index in [1.165, 1.54) is 17.7 Å². The van der Waals surface area contributed by atoms with Crippen LogP contribution in [0.2, 0.25) is 0 Å². The van der Waals surface area contributed by atoms with E-state index in [-0.39, 0.29) is 30.2 Å². The number of carbonyl (C=O) groups is 2. The van der Waals surface area contributed by atoms with Gasteiger partial charge in [0.2, 0.25) is 5.91 Å². The zero-order chi connectivity index (χ0) is 25.9. The predicted octanol–water partition coefficient (Wildman–Crippen LogP) is 4.51. The first-order valence-electron chi connectivity index (χ1n) is 13.1. The highest BCUT2D eigenvalue weighted by Crippen LogP contribution is 2.45. The molecular formula is C29H40FN3O3. The lowest BCUT2D eigenvalue weighted by atomic mass is 9.66. The van der Waals surface area contributed by atoms with Crippen LogP contribution < -0.4 is 5.32 Å². The summed E-state index contributed by atoms with van der Waals surface area (Å²) < 4.78 is 13.4. The molecule has 1 aliphatic carbocycles. The van der Waals surface area contributed by atoms with Crippen LogP contribution in [0.4, 0.5) is 4.39 Å². The Morgan fingerprint density at radius 3 is 2.39 bits per heavy atom. The number of rotatable bonds is 9. The molecule has 1 heterocycles. The lowest BCUT2D eigenvalue weighted by Gasteiger charge is -2.51. The highest BCUT2D eigenvalue weighted by molar-refractivity contribution is 5.79. The van der Waals surface area contributed by atoms with E-state index in [0.29, 0.717) is 24.9 Å². The largest absolute Gasteiger partial charge is 0.483 e. The molecule has 2 aromatic carbocycles. The molecule has 1 saturated heterocycles. The number of carbonyl (C=O) groups excluding carboxylic acids is 1. The third-order valence-corrected chi connectivity index (χ3v) is 7.73. The average Bonchev–Trinajstić information content (AvgIpc) is 2.90. The van der Waals surface area contributed by atoms with Crippen molar-refractivity contribution in [3.8, 4) is 0 Å². The van der Waals surface area contributed by atoms with E-state index in [1.54, 1.807) is 0 Å². The molecule has 0 bridgehead atoms. The second-order valence-corrected chi connectivity index (χ2v) is 9.64. The van der Waals surface area contributed by atoms with Gasteiger partial charge in [-0.25, -0.2) is 4.39 Å². The Morgan fingerprint density at radius 1 is 1.08 bits per heavy atom. The fourth-order valence-electron chi connectivity index (χ4n) is 5.96. The van der Waals surface area contributed by atoms with E-state index in [1.807, 2.05) is 18.2 Å². The fourth-order valence-corrected chi connectivity index (χ4v) is 5.96. The van der Waals surface area contributed by atoms with Gasteiger partial charge in [0.25, 0.3) is 6.47 Å².